The van der Waals surface area contributed by atoms with Gasteiger partial charge in [0, 0.05) is 30.5 Å². The fourth-order valence-electron chi connectivity index (χ4n) is 3.47. The Balaban J connectivity index is 1.75. The molecule has 0 aliphatic carbocycles. The van der Waals surface area contributed by atoms with Gasteiger partial charge >= 0.3 is 0 Å². The molecule has 0 bridgehead atoms. The van der Waals surface area contributed by atoms with Crippen LogP contribution in [0.2, 0.25) is 0 Å². The average Bonchev–Trinajstić information content (AvgIpc) is 3.11. The van der Waals surface area contributed by atoms with Gasteiger partial charge in [-0.3, -0.25) is 14.0 Å². The molecule has 8 heteroatoms. The van der Waals surface area contributed by atoms with Crippen LogP contribution in [0.25, 0.3) is 16.7 Å². The molecule has 166 valence electrons. The van der Waals surface area contributed by atoms with E-state index in [1.807, 2.05) is 51.2 Å². The summed E-state index contributed by atoms with van der Waals surface area (Å²) in [6.07, 6.45) is 3.48. The predicted octanol–water partition coefficient (Wildman–Crippen LogP) is 3.92. The number of nitrogens with zero attached hydrogens (tertiary/aromatic N) is 4. The Morgan fingerprint density at radius 2 is 1.84 bits per heavy atom. The minimum absolute atomic E-state index is 0.0630. The van der Waals surface area contributed by atoms with Crippen LogP contribution in [0, 0.1) is 12.8 Å². The number of aryl methyl sites for hydroxylation is 1. The molecule has 3 rings (SSSR count). The van der Waals surface area contributed by atoms with Crippen molar-refractivity contribution in [3.05, 3.63) is 29.6 Å². The fraction of sp³-hybridized carbons (Fsp3) is 0.522. The number of benzene rings is 1. The summed E-state index contributed by atoms with van der Waals surface area (Å²) in [7, 11) is 0. The van der Waals surface area contributed by atoms with Gasteiger partial charge in [-0.1, -0.05) is 20.3 Å². The molecule has 0 saturated heterocycles. The lowest BCUT2D eigenvalue weighted by Gasteiger charge is -2.12. The van der Waals surface area contributed by atoms with Crippen LogP contribution in [0.3, 0.4) is 0 Å². The van der Waals surface area contributed by atoms with E-state index in [9.17, 15) is 9.59 Å². The highest BCUT2D eigenvalue weighted by Crippen LogP contribution is 2.23. The minimum Gasteiger partial charge on any atom is -0.367 e. The molecular weight excluding hydrogens is 392 g/mol. The first-order chi connectivity index (χ1) is 14.8. The summed E-state index contributed by atoms with van der Waals surface area (Å²) in [4.78, 5) is 28.9. The van der Waals surface area contributed by atoms with Gasteiger partial charge in [0.05, 0.1) is 11.0 Å². The van der Waals surface area contributed by atoms with Crippen molar-refractivity contribution in [1.29, 1.82) is 0 Å². The lowest BCUT2D eigenvalue weighted by molar-refractivity contribution is -0.122. The third-order valence-electron chi connectivity index (χ3n) is 5.20. The molecule has 1 amide bonds. The van der Waals surface area contributed by atoms with Crippen molar-refractivity contribution in [3.8, 4) is 0 Å². The number of ketones is 1. The van der Waals surface area contributed by atoms with Crippen molar-refractivity contribution in [2.24, 2.45) is 5.92 Å². The molecule has 0 aliphatic heterocycles. The minimum atomic E-state index is -0.117. The van der Waals surface area contributed by atoms with E-state index < -0.39 is 0 Å². The first-order valence-corrected chi connectivity index (χ1v) is 11.0. The molecule has 0 fully saturated rings. The molecule has 8 nitrogen and oxygen atoms in total. The molecule has 3 aromatic rings. The maximum atomic E-state index is 12.4. The van der Waals surface area contributed by atoms with E-state index in [4.69, 9.17) is 4.98 Å². The zero-order valence-electron chi connectivity index (χ0n) is 19.0. The second-order valence-electron chi connectivity index (χ2n) is 8.56. The molecule has 0 aliphatic rings. The Kier molecular flexibility index (Phi) is 7.20. The summed E-state index contributed by atoms with van der Waals surface area (Å²) in [5.74, 6) is 1.73. The Labute approximate surface area is 182 Å². The largest absolute Gasteiger partial charge is 0.367 e. The molecule has 0 saturated carbocycles. The number of nitrogens with one attached hydrogen (secondary N) is 2. The number of carbonyl (C=O) groups is 2. The number of hydrogen-bond acceptors (Lipinski definition) is 6. The number of rotatable bonds is 10. The number of aromatic nitrogens is 4. The van der Waals surface area contributed by atoms with Crippen LogP contribution in [-0.4, -0.2) is 43.9 Å². The maximum Gasteiger partial charge on any atom is 0.251 e. The first-order valence-electron chi connectivity index (χ1n) is 11.0. The maximum absolute atomic E-state index is 12.4. The van der Waals surface area contributed by atoms with E-state index in [2.05, 4.69) is 20.8 Å². The van der Waals surface area contributed by atoms with E-state index in [-0.39, 0.29) is 17.9 Å². The Morgan fingerprint density at radius 3 is 2.55 bits per heavy atom. The summed E-state index contributed by atoms with van der Waals surface area (Å²) in [5, 5.41) is 14.8. The zero-order valence-corrected chi connectivity index (χ0v) is 19.0. The number of hydrogen-bond donors (Lipinski definition) is 2. The Hall–Kier alpha value is -3.03. The van der Waals surface area contributed by atoms with E-state index in [0.29, 0.717) is 29.2 Å². The van der Waals surface area contributed by atoms with Gasteiger partial charge in [0.2, 0.25) is 5.65 Å². The first kappa shape index (κ1) is 22.7. The number of anilines is 1. The van der Waals surface area contributed by atoms with E-state index in [1.165, 1.54) is 0 Å². The second-order valence-corrected chi connectivity index (χ2v) is 8.56. The van der Waals surface area contributed by atoms with E-state index in [0.717, 1.165) is 42.7 Å². The highest BCUT2D eigenvalue weighted by Gasteiger charge is 2.15. The molecule has 1 aromatic carbocycles. The standard InChI is InChI=1S/C23H32N6O2/c1-14(2)20(30)9-7-6-8-12-24-21-22-28-27-16(5)29(22)19-13-17(10-11-18(19)26-21)23(31)25-15(3)4/h10-11,13-15H,6-9,12H2,1-5H3,(H,24,26)(H,25,31). The van der Waals surface area contributed by atoms with Crippen LogP contribution < -0.4 is 10.6 Å². The van der Waals surface area contributed by atoms with E-state index >= 15 is 0 Å². The van der Waals surface area contributed by atoms with Crippen LogP contribution in [-0.2, 0) is 4.79 Å². The zero-order chi connectivity index (χ0) is 22.5. The normalized spacial score (nSPS) is 11.6. The predicted molar refractivity (Wildman–Crippen MR) is 122 cm³/mol. The van der Waals surface area contributed by atoms with Crippen LogP contribution >= 0.6 is 0 Å². The van der Waals surface area contributed by atoms with Gasteiger partial charge in [-0.2, -0.15) is 0 Å². The van der Waals surface area contributed by atoms with Gasteiger partial charge in [-0.25, -0.2) is 4.98 Å². The number of carbonyl (C=O) groups excluding carboxylic acids is 2. The Bertz CT molecular complexity index is 1090. The number of unbranched alkanes of at least 4 members (excludes halogenated alkanes) is 2. The van der Waals surface area contributed by atoms with Crippen molar-refractivity contribution in [1.82, 2.24) is 24.9 Å². The van der Waals surface area contributed by atoms with Gasteiger partial charge in [-0.15, -0.1) is 10.2 Å². The van der Waals surface area contributed by atoms with Crippen molar-refractivity contribution >= 4 is 34.2 Å². The van der Waals surface area contributed by atoms with Gasteiger partial charge in [0.1, 0.15) is 11.6 Å². The molecule has 2 heterocycles. The van der Waals surface area contributed by atoms with Gasteiger partial charge < -0.3 is 10.6 Å². The lowest BCUT2D eigenvalue weighted by atomic mass is 10.0. The fourth-order valence-corrected chi connectivity index (χ4v) is 3.47. The van der Waals surface area contributed by atoms with Crippen LogP contribution in [0.4, 0.5) is 5.82 Å². The molecule has 31 heavy (non-hydrogen) atoms. The SMILES string of the molecule is Cc1nnc2c(NCCCCCC(=O)C(C)C)nc3ccc(C(=O)NC(C)C)cc3n12. The topological polar surface area (TPSA) is 101 Å². The summed E-state index contributed by atoms with van der Waals surface area (Å²) in [6.45, 7) is 10.4. The summed E-state index contributed by atoms with van der Waals surface area (Å²) in [5.41, 5.74) is 2.78. The third kappa shape index (κ3) is 5.37. The van der Waals surface area contributed by atoms with Gasteiger partial charge in [0.25, 0.3) is 5.91 Å². The quantitative estimate of drug-likeness (QED) is 0.478. The lowest BCUT2D eigenvalue weighted by Crippen LogP contribution is -2.30. The molecular formula is C23H32N6O2. The molecule has 0 atom stereocenters. The molecule has 0 unspecified atom stereocenters. The number of amides is 1. The average molecular weight is 425 g/mol. The van der Waals surface area contributed by atoms with E-state index in [1.54, 1.807) is 6.07 Å². The van der Waals surface area contributed by atoms with Crippen molar-refractivity contribution in [3.63, 3.8) is 0 Å². The second kappa shape index (κ2) is 9.85. The monoisotopic (exact) mass is 424 g/mol. The highest BCUT2D eigenvalue weighted by molar-refractivity contribution is 5.98. The summed E-state index contributed by atoms with van der Waals surface area (Å²) >= 11 is 0. The van der Waals surface area contributed by atoms with Gasteiger partial charge in [-0.05, 0) is 51.8 Å². The van der Waals surface area contributed by atoms with Gasteiger partial charge in [0.15, 0.2) is 5.82 Å². The third-order valence-corrected chi connectivity index (χ3v) is 5.20. The molecule has 2 aromatic heterocycles. The van der Waals surface area contributed by atoms with Crippen molar-refractivity contribution in [2.75, 3.05) is 11.9 Å². The molecule has 2 N–H and O–H groups in total. The molecule has 0 radical (unpaired) electrons. The smallest absolute Gasteiger partial charge is 0.251 e. The summed E-state index contributed by atoms with van der Waals surface area (Å²) in [6, 6.07) is 5.53. The summed E-state index contributed by atoms with van der Waals surface area (Å²) < 4.78 is 1.93. The Morgan fingerprint density at radius 1 is 1.06 bits per heavy atom. The highest BCUT2D eigenvalue weighted by atomic mass is 16.1. The van der Waals surface area contributed by atoms with Crippen molar-refractivity contribution < 1.29 is 9.59 Å². The molecule has 0 spiro atoms. The number of fused-ring (bicyclic) bond motifs is 3. The van der Waals surface area contributed by atoms with Crippen LogP contribution in [0.1, 0.15) is 69.6 Å². The van der Waals surface area contributed by atoms with Crippen molar-refractivity contribution in [2.45, 2.75) is 66.3 Å². The van der Waals surface area contributed by atoms with Crippen LogP contribution in [0.15, 0.2) is 18.2 Å². The number of Topliss-reactive ketones (excluding diaryl/α,β-unsaturated/α-hetero) is 1. The van der Waals surface area contributed by atoms with Crippen LogP contribution in [0.5, 0.6) is 0 Å².